The van der Waals surface area contributed by atoms with Gasteiger partial charge in [-0.05, 0) is 55.7 Å². The van der Waals surface area contributed by atoms with Gasteiger partial charge in [0.1, 0.15) is 11.5 Å². The Hall–Kier alpha value is -1.92. The monoisotopic (exact) mass is 369 g/mol. The molecule has 0 amide bonds. The highest BCUT2D eigenvalue weighted by Crippen LogP contribution is 2.37. The smallest absolute Gasteiger partial charge is 0.319 e. The Kier molecular flexibility index (Phi) is 6.19. The Morgan fingerprint density at radius 2 is 1.84 bits per heavy atom. The second-order valence-electron chi connectivity index (χ2n) is 5.63. The third-order valence-corrected chi connectivity index (χ3v) is 4.75. The maximum Gasteiger partial charge on any atom is 0.319 e. The molecule has 0 spiro atoms. The van der Waals surface area contributed by atoms with Crippen LogP contribution in [0.25, 0.3) is 0 Å². The molecule has 0 aliphatic heterocycles. The standard InChI is InChI=1S/C17H21FNO5P/c1-4-7-23-13-5-6-16(15(18)10-13)24-17-11(2)8-14(9-12(17)3)25(21,22)19-20/h5-6,8-10,20H,4,7H2,1-3H3,(H2,19,21,22). The third-order valence-electron chi connectivity index (χ3n) is 3.52. The molecule has 0 aliphatic rings. The predicted molar refractivity (Wildman–Crippen MR) is 92.6 cm³/mol. The molecule has 0 radical (unpaired) electrons. The van der Waals surface area contributed by atoms with Crippen LogP contribution in [0.5, 0.6) is 17.2 Å². The van der Waals surface area contributed by atoms with E-state index in [9.17, 15) is 13.8 Å². The maximum atomic E-state index is 14.2. The summed E-state index contributed by atoms with van der Waals surface area (Å²) in [7, 11) is -4.05. The molecule has 0 saturated carbocycles. The van der Waals surface area contributed by atoms with Crippen molar-refractivity contribution in [2.75, 3.05) is 6.61 Å². The molecule has 2 aromatic rings. The minimum atomic E-state index is -4.05. The molecule has 1 atom stereocenters. The highest BCUT2D eigenvalue weighted by Gasteiger charge is 2.22. The van der Waals surface area contributed by atoms with Crippen LogP contribution in [0.4, 0.5) is 4.39 Å². The molecule has 0 heterocycles. The van der Waals surface area contributed by atoms with Crippen LogP contribution in [0, 0.1) is 19.7 Å². The first kappa shape index (κ1) is 19.4. The zero-order valence-electron chi connectivity index (χ0n) is 14.2. The fourth-order valence-electron chi connectivity index (χ4n) is 2.31. The molecule has 2 aromatic carbocycles. The van der Waals surface area contributed by atoms with Gasteiger partial charge in [-0.15, -0.1) is 5.25 Å². The molecule has 136 valence electrons. The van der Waals surface area contributed by atoms with E-state index in [1.165, 1.54) is 29.5 Å². The molecule has 1 unspecified atom stereocenters. The van der Waals surface area contributed by atoms with Gasteiger partial charge in [-0.1, -0.05) is 6.92 Å². The van der Waals surface area contributed by atoms with Gasteiger partial charge in [0.25, 0.3) is 0 Å². The van der Waals surface area contributed by atoms with E-state index in [1.54, 1.807) is 19.9 Å². The van der Waals surface area contributed by atoms with Gasteiger partial charge in [0.2, 0.25) is 0 Å². The molecule has 0 bridgehead atoms. The van der Waals surface area contributed by atoms with E-state index >= 15 is 0 Å². The summed E-state index contributed by atoms with van der Waals surface area (Å²) in [6.07, 6.45) is 0.821. The lowest BCUT2D eigenvalue weighted by atomic mass is 10.1. The molecule has 25 heavy (non-hydrogen) atoms. The SMILES string of the molecule is CCCOc1ccc(Oc2c(C)cc(P(=O)(O)NO)cc2C)c(F)c1. The van der Waals surface area contributed by atoms with Crippen molar-refractivity contribution in [3.63, 3.8) is 0 Å². The average Bonchev–Trinajstić information content (AvgIpc) is 2.57. The van der Waals surface area contributed by atoms with Crippen molar-refractivity contribution < 1.29 is 28.5 Å². The molecule has 0 fully saturated rings. The lowest BCUT2D eigenvalue weighted by Gasteiger charge is -2.16. The first-order valence-corrected chi connectivity index (χ1v) is 9.40. The van der Waals surface area contributed by atoms with E-state index in [0.717, 1.165) is 6.42 Å². The second-order valence-corrected chi connectivity index (χ2v) is 7.50. The Morgan fingerprint density at radius 1 is 1.20 bits per heavy atom. The number of benzene rings is 2. The summed E-state index contributed by atoms with van der Waals surface area (Å²) in [5, 5.41) is 10.2. The van der Waals surface area contributed by atoms with Crippen molar-refractivity contribution in [3.05, 3.63) is 47.3 Å². The van der Waals surface area contributed by atoms with E-state index in [-0.39, 0.29) is 11.1 Å². The third kappa shape index (κ3) is 4.58. The summed E-state index contributed by atoms with van der Waals surface area (Å²) < 4.78 is 37.0. The van der Waals surface area contributed by atoms with Crippen molar-refractivity contribution in [2.24, 2.45) is 0 Å². The number of hydrogen-bond acceptors (Lipinski definition) is 4. The minimum Gasteiger partial charge on any atom is -0.493 e. The van der Waals surface area contributed by atoms with Crippen molar-refractivity contribution in [1.29, 1.82) is 0 Å². The summed E-state index contributed by atoms with van der Waals surface area (Å²) in [5.41, 5.74) is 1.07. The Bertz CT molecular complexity index is 789. The maximum absolute atomic E-state index is 14.2. The first-order valence-electron chi connectivity index (χ1n) is 7.74. The van der Waals surface area contributed by atoms with Crippen LogP contribution in [0.2, 0.25) is 0 Å². The number of nitrogens with one attached hydrogen (secondary N) is 1. The van der Waals surface area contributed by atoms with Crippen molar-refractivity contribution in [1.82, 2.24) is 5.25 Å². The quantitative estimate of drug-likeness (QED) is 0.508. The molecular formula is C17H21FNO5P. The predicted octanol–water partition coefficient (Wildman–Crippen LogP) is 3.81. The van der Waals surface area contributed by atoms with Crippen LogP contribution in [0.15, 0.2) is 30.3 Å². The lowest BCUT2D eigenvalue weighted by Crippen LogP contribution is -2.16. The molecule has 6 nitrogen and oxygen atoms in total. The molecule has 0 aromatic heterocycles. The number of rotatable bonds is 7. The fourth-order valence-corrected chi connectivity index (χ4v) is 3.16. The average molecular weight is 369 g/mol. The van der Waals surface area contributed by atoms with Crippen molar-refractivity contribution >= 4 is 12.8 Å². The van der Waals surface area contributed by atoms with Crippen LogP contribution in [0.3, 0.4) is 0 Å². The summed E-state index contributed by atoms with van der Waals surface area (Å²) in [4.78, 5) is 9.65. The van der Waals surface area contributed by atoms with E-state index in [2.05, 4.69) is 0 Å². The van der Waals surface area contributed by atoms with Crippen LogP contribution in [-0.4, -0.2) is 16.7 Å². The largest absolute Gasteiger partial charge is 0.493 e. The minimum absolute atomic E-state index is 0.0234. The highest BCUT2D eigenvalue weighted by atomic mass is 31.2. The second kappa shape index (κ2) is 7.97. The van der Waals surface area contributed by atoms with E-state index in [0.29, 0.717) is 29.2 Å². The zero-order chi connectivity index (χ0) is 18.6. The topological polar surface area (TPSA) is 88.0 Å². The molecule has 0 saturated heterocycles. The van der Waals surface area contributed by atoms with Gasteiger partial charge in [-0.2, -0.15) is 0 Å². The van der Waals surface area contributed by atoms with Crippen LogP contribution in [-0.2, 0) is 4.57 Å². The molecular weight excluding hydrogens is 348 g/mol. The lowest BCUT2D eigenvalue weighted by molar-refractivity contribution is 0.226. The summed E-state index contributed by atoms with van der Waals surface area (Å²) in [6.45, 7) is 5.79. The summed E-state index contributed by atoms with van der Waals surface area (Å²) in [6, 6.07) is 7.15. The van der Waals surface area contributed by atoms with Crippen molar-refractivity contribution in [3.8, 4) is 17.2 Å². The summed E-state index contributed by atoms with van der Waals surface area (Å²) >= 11 is 0. The Balaban J connectivity index is 2.30. The van der Waals surface area contributed by atoms with Crippen molar-refractivity contribution in [2.45, 2.75) is 27.2 Å². The fraction of sp³-hybridized carbons (Fsp3) is 0.294. The van der Waals surface area contributed by atoms with Crippen LogP contribution < -0.4 is 20.0 Å². The van der Waals surface area contributed by atoms with Gasteiger partial charge in [0.05, 0.1) is 11.9 Å². The van der Waals surface area contributed by atoms with Gasteiger partial charge in [0.15, 0.2) is 11.6 Å². The van der Waals surface area contributed by atoms with Crippen LogP contribution in [0.1, 0.15) is 24.5 Å². The molecule has 8 heteroatoms. The number of halogens is 1. The normalized spacial score (nSPS) is 13.4. The first-order chi connectivity index (χ1) is 11.8. The zero-order valence-corrected chi connectivity index (χ0v) is 15.1. The van der Waals surface area contributed by atoms with Gasteiger partial charge < -0.3 is 19.6 Å². The number of aryl methyl sites for hydroxylation is 2. The van der Waals surface area contributed by atoms with E-state index < -0.39 is 13.3 Å². The molecule has 3 N–H and O–H groups in total. The Labute approximate surface area is 145 Å². The molecule has 2 rings (SSSR count). The van der Waals surface area contributed by atoms with Gasteiger partial charge >= 0.3 is 7.52 Å². The Morgan fingerprint density at radius 3 is 2.36 bits per heavy atom. The number of hydrogen-bond donors (Lipinski definition) is 3. The summed E-state index contributed by atoms with van der Waals surface area (Å²) in [5.74, 6) is 0.255. The van der Waals surface area contributed by atoms with Gasteiger partial charge in [-0.3, -0.25) is 4.57 Å². The highest BCUT2D eigenvalue weighted by molar-refractivity contribution is 7.63. The van der Waals surface area contributed by atoms with Crippen LogP contribution >= 0.6 is 7.52 Å². The van der Waals surface area contributed by atoms with E-state index in [4.69, 9.17) is 14.7 Å². The molecule has 0 aliphatic carbocycles. The van der Waals surface area contributed by atoms with E-state index in [1.807, 2.05) is 6.92 Å². The number of ether oxygens (including phenoxy) is 2. The van der Waals surface area contributed by atoms with Gasteiger partial charge in [0, 0.05) is 6.07 Å². The van der Waals surface area contributed by atoms with Gasteiger partial charge in [-0.25, -0.2) is 4.39 Å².